The van der Waals surface area contributed by atoms with Crippen LogP contribution in [0.1, 0.15) is 17.3 Å². The zero-order valence-electron chi connectivity index (χ0n) is 15.1. The molecule has 0 aromatic heterocycles. The number of ether oxygens (including phenoxy) is 2. The van der Waals surface area contributed by atoms with E-state index >= 15 is 0 Å². The summed E-state index contributed by atoms with van der Waals surface area (Å²) in [6.07, 6.45) is 0. The number of rotatable bonds is 6. The molecule has 3 N–H and O–H groups in total. The summed E-state index contributed by atoms with van der Waals surface area (Å²) in [6, 6.07) is 9.49. The van der Waals surface area contributed by atoms with Crippen molar-refractivity contribution in [1.82, 2.24) is 16.2 Å². The summed E-state index contributed by atoms with van der Waals surface area (Å²) in [5.41, 5.74) is 5.09. The van der Waals surface area contributed by atoms with Crippen molar-refractivity contribution in [2.24, 2.45) is 0 Å². The summed E-state index contributed by atoms with van der Waals surface area (Å²) in [6.45, 7) is 2.04. The minimum Gasteiger partial charge on any atom is -0.493 e. The number of halogens is 3. The van der Waals surface area contributed by atoms with Crippen molar-refractivity contribution in [3.8, 4) is 11.5 Å². The molecule has 0 atom stereocenters. The quantitative estimate of drug-likeness (QED) is 0.396. The molecule has 0 aliphatic rings. The van der Waals surface area contributed by atoms with E-state index in [-0.39, 0.29) is 16.7 Å². The van der Waals surface area contributed by atoms with Gasteiger partial charge in [-0.25, -0.2) is 0 Å². The molecule has 2 amide bonds. The molecule has 2 aromatic rings. The SMILES string of the molecule is CCOc1ccc(C(=O)NC(=S)NNC(=O)COc2ccc(Cl)cc2Cl)cc1Br. The minimum absolute atomic E-state index is 0.0853. The summed E-state index contributed by atoms with van der Waals surface area (Å²) in [5, 5.41) is 3.10. The monoisotopic (exact) mass is 519 g/mol. The van der Waals surface area contributed by atoms with Crippen LogP contribution < -0.4 is 25.6 Å². The fraction of sp³-hybridized carbons (Fsp3) is 0.167. The van der Waals surface area contributed by atoms with Gasteiger partial charge in [0, 0.05) is 10.6 Å². The van der Waals surface area contributed by atoms with E-state index in [9.17, 15) is 9.59 Å². The highest BCUT2D eigenvalue weighted by molar-refractivity contribution is 9.10. The standard InChI is InChI=1S/C18H16BrCl2N3O4S/c1-2-27-14-5-3-10(7-12(14)19)17(26)22-18(29)24-23-16(25)9-28-15-6-4-11(20)8-13(15)21/h3-8H,2,9H2,1H3,(H,23,25)(H2,22,24,26,29). The molecule has 2 aromatic carbocycles. The molecule has 0 spiro atoms. The van der Waals surface area contributed by atoms with Crippen LogP contribution in [-0.2, 0) is 4.79 Å². The molecule has 0 saturated carbocycles. The lowest BCUT2D eigenvalue weighted by molar-refractivity contribution is -0.123. The average molecular weight is 521 g/mol. The normalized spacial score (nSPS) is 10.1. The number of hydrogen-bond acceptors (Lipinski definition) is 5. The highest BCUT2D eigenvalue weighted by atomic mass is 79.9. The summed E-state index contributed by atoms with van der Waals surface area (Å²) in [5.74, 6) is -0.0536. The third-order valence-electron chi connectivity index (χ3n) is 3.29. The van der Waals surface area contributed by atoms with Crippen molar-refractivity contribution in [2.75, 3.05) is 13.2 Å². The molecule has 0 heterocycles. The second-order valence-corrected chi connectivity index (χ2v) is 7.50. The Kier molecular flexibility index (Phi) is 8.97. The predicted octanol–water partition coefficient (Wildman–Crippen LogP) is 3.87. The number of nitrogens with one attached hydrogen (secondary N) is 3. The minimum atomic E-state index is -0.531. The van der Waals surface area contributed by atoms with Gasteiger partial charge in [0.15, 0.2) is 11.7 Å². The maximum absolute atomic E-state index is 12.2. The van der Waals surface area contributed by atoms with Crippen LogP contribution in [0.2, 0.25) is 10.0 Å². The second-order valence-electron chi connectivity index (χ2n) is 5.40. The molecule has 0 aliphatic carbocycles. The zero-order valence-corrected chi connectivity index (χ0v) is 19.0. The van der Waals surface area contributed by atoms with E-state index < -0.39 is 11.8 Å². The van der Waals surface area contributed by atoms with Gasteiger partial charge in [0.2, 0.25) is 0 Å². The van der Waals surface area contributed by atoms with Gasteiger partial charge in [0.1, 0.15) is 11.5 Å². The van der Waals surface area contributed by atoms with E-state index in [2.05, 4.69) is 32.1 Å². The number of benzene rings is 2. The predicted molar refractivity (Wildman–Crippen MR) is 119 cm³/mol. The Labute approximate surface area is 191 Å². The first-order valence-electron chi connectivity index (χ1n) is 8.20. The van der Waals surface area contributed by atoms with Gasteiger partial charge in [-0.1, -0.05) is 23.2 Å². The topological polar surface area (TPSA) is 88.7 Å². The Balaban J connectivity index is 1.79. The van der Waals surface area contributed by atoms with Gasteiger partial charge in [-0.2, -0.15) is 0 Å². The van der Waals surface area contributed by atoms with Crippen molar-refractivity contribution >= 4 is 68.3 Å². The fourth-order valence-corrected chi connectivity index (χ4v) is 3.12. The largest absolute Gasteiger partial charge is 0.493 e. The number of thiocarbonyl (C=S) groups is 1. The van der Waals surface area contributed by atoms with Gasteiger partial charge in [0.25, 0.3) is 11.8 Å². The summed E-state index contributed by atoms with van der Waals surface area (Å²) >= 11 is 20.1. The molecule has 0 fully saturated rings. The summed E-state index contributed by atoms with van der Waals surface area (Å²) in [7, 11) is 0. The zero-order chi connectivity index (χ0) is 21.4. The molecule has 2 rings (SSSR count). The van der Waals surface area contributed by atoms with Gasteiger partial charge in [-0.05, 0) is 71.5 Å². The van der Waals surface area contributed by atoms with Crippen molar-refractivity contribution in [3.63, 3.8) is 0 Å². The lowest BCUT2D eigenvalue weighted by atomic mass is 10.2. The first kappa shape index (κ1) is 23.2. The molecule has 154 valence electrons. The Hall–Kier alpha value is -2.07. The molecule has 11 heteroatoms. The molecular formula is C18H16BrCl2N3O4S. The highest BCUT2D eigenvalue weighted by Crippen LogP contribution is 2.27. The van der Waals surface area contributed by atoms with Gasteiger partial charge in [0.05, 0.1) is 16.1 Å². The van der Waals surface area contributed by atoms with Gasteiger partial charge < -0.3 is 9.47 Å². The molecule has 29 heavy (non-hydrogen) atoms. The third-order valence-corrected chi connectivity index (χ3v) is 4.64. The third kappa shape index (κ3) is 7.36. The first-order valence-corrected chi connectivity index (χ1v) is 10.2. The van der Waals surface area contributed by atoms with Crippen LogP contribution in [0.4, 0.5) is 0 Å². The molecule has 0 aliphatic heterocycles. The Morgan fingerprint density at radius 2 is 1.79 bits per heavy atom. The molecule has 0 bridgehead atoms. The summed E-state index contributed by atoms with van der Waals surface area (Å²) in [4.78, 5) is 24.1. The maximum atomic E-state index is 12.2. The van der Waals surface area contributed by atoms with Gasteiger partial charge >= 0.3 is 0 Å². The number of carbonyl (C=O) groups excluding carboxylic acids is 2. The number of amides is 2. The Morgan fingerprint density at radius 3 is 2.45 bits per heavy atom. The average Bonchev–Trinajstić information content (AvgIpc) is 2.67. The van der Waals surface area contributed by atoms with E-state index in [1.807, 2.05) is 6.92 Å². The smallest absolute Gasteiger partial charge is 0.276 e. The lowest BCUT2D eigenvalue weighted by Gasteiger charge is -2.12. The highest BCUT2D eigenvalue weighted by Gasteiger charge is 2.12. The Bertz CT molecular complexity index is 930. The number of carbonyl (C=O) groups is 2. The van der Waals surface area contributed by atoms with Crippen LogP contribution in [0.5, 0.6) is 11.5 Å². The fourth-order valence-electron chi connectivity index (χ4n) is 2.02. The second kappa shape index (κ2) is 11.2. The van der Waals surface area contributed by atoms with E-state index in [4.69, 9.17) is 44.9 Å². The van der Waals surface area contributed by atoms with Crippen LogP contribution in [0.25, 0.3) is 0 Å². The van der Waals surface area contributed by atoms with Crippen LogP contribution in [0.15, 0.2) is 40.9 Å². The van der Waals surface area contributed by atoms with Crippen LogP contribution >= 0.6 is 51.3 Å². The van der Waals surface area contributed by atoms with Crippen molar-refractivity contribution in [1.29, 1.82) is 0 Å². The van der Waals surface area contributed by atoms with Crippen LogP contribution in [0.3, 0.4) is 0 Å². The molecule has 0 radical (unpaired) electrons. The number of hydrazine groups is 1. The van der Waals surface area contributed by atoms with Crippen molar-refractivity contribution in [2.45, 2.75) is 6.92 Å². The molecule has 0 unspecified atom stereocenters. The van der Waals surface area contributed by atoms with Gasteiger partial charge in [-0.3, -0.25) is 25.8 Å². The van der Waals surface area contributed by atoms with Crippen molar-refractivity contribution < 1.29 is 19.1 Å². The number of hydrogen-bond donors (Lipinski definition) is 3. The first-order chi connectivity index (χ1) is 13.8. The van der Waals surface area contributed by atoms with Crippen molar-refractivity contribution in [3.05, 3.63) is 56.5 Å². The van der Waals surface area contributed by atoms with E-state index in [0.29, 0.717) is 33.2 Å². The lowest BCUT2D eigenvalue weighted by Crippen LogP contribution is -2.49. The van der Waals surface area contributed by atoms with Crippen LogP contribution in [0, 0.1) is 0 Å². The molecule has 0 saturated heterocycles. The van der Waals surface area contributed by atoms with E-state index in [1.165, 1.54) is 6.07 Å². The molecule has 7 nitrogen and oxygen atoms in total. The summed E-state index contributed by atoms with van der Waals surface area (Å²) < 4.78 is 11.3. The maximum Gasteiger partial charge on any atom is 0.276 e. The Morgan fingerprint density at radius 1 is 1.07 bits per heavy atom. The van der Waals surface area contributed by atoms with E-state index in [0.717, 1.165) is 0 Å². The van der Waals surface area contributed by atoms with E-state index in [1.54, 1.807) is 30.3 Å². The van der Waals surface area contributed by atoms with Crippen LogP contribution in [-0.4, -0.2) is 30.1 Å². The molecular weight excluding hydrogens is 505 g/mol. The van der Waals surface area contributed by atoms with Gasteiger partial charge in [-0.15, -0.1) is 0 Å².